The van der Waals surface area contributed by atoms with E-state index in [2.05, 4.69) is 16.9 Å². The maximum atomic E-state index is 13.5. The number of ether oxygens (including phenoxy) is 1. The van der Waals surface area contributed by atoms with Gasteiger partial charge in [-0.1, -0.05) is 31.7 Å². The van der Waals surface area contributed by atoms with Crippen molar-refractivity contribution >= 4 is 23.5 Å². The number of nitrogens with one attached hydrogen (secondary N) is 1. The van der Waals surface area contributed by atoms with E-state index < -0.39 is 36.7 Å². The number of rotatable bonds is 9. The summed E-state index contributed by atoms with van der Waals surface area (Å²) in [6.45, 7) is 5.72. The van der Waals surface area contributed by atoms with Gasteiger partial charge in [-0.05, 0) is 24.5 Å². The van der Waals surface area contributed by atoms with Crippen LogP contribution in [0.5, 0.6) is 0 Å². The summed E-state index contributed by atoms with van der Waals surface area (Å²) in [7, 11) is 2.77. The van der Waals surface area contributed by atoms with Crippen LogP contribution in [0.2, 0.25) is 0 Å². The third-order valence-corrected chi connectivity index (χ3v) is 5.79. The molecule has 0 aliphatic carbocycles. The Kier molecular flexibility index (Phi) is 8.69. The second-order valence-electron chi connectivity index (χ2n) is 7.69. The van der Waals surface area contributed by atoms with Crippen molar-refractivity contribution in [2.45, 2.75) is 32.3 Å². The zero-order valence-corrected chi connectivity index (χ0v) is 19.8. The fourth-order valence-electron chi connectivity index (χ4n) is 3.89. The van der Waals surface area contributed by atoms with Gasteiger partial charge in [0.25, 0.3) is 11.8 Å². The van der Waals surface area contributed by atoms with Gasteiger partial charge >= 0.3 is 5.97 Å². The predicted octanol–water partition coefficient (Wildman–Crippen LogP) is 1.83. The molecule has 0 saturated carbocycles. The van der Waals surface area contributed by atoms with Gasteiger partial charge in [0.1, 0.15) is 23.7 Å². The number of carbonyl (C=O) groups excluding carboxylic acids is 2. The first kappa shape index (κ1) is 26.7. The van der Waals surface area contributed by atoms with Crippen LogP contribution in [0.25, 0.3) is 0 Å². The Balaban J connectivity index is 2.82. The molecule has 9 nitrogen and oxygen atoms in total. The Morgan fingerprint density at radius 3 is 2.56 bits per heavy atom. The number of likely N-dealkylation sites (N-methyl/N-ethyl adjacent to an activating group) is 1. The van der Waals surface area contributed by atoms with Gasteiger partial charge in [-0.25, -0.2) is 9.18 Å². The van der Waals surface area contributed by atoms with Gasteiger partial charge in [0.05, 0.1) is 18.9 Å². The van der Waals surface area contributed by atoms with E-state index in [0.29, 0.717) is 11.1 Å². The van der Waals surface area contributed by atoms with Crippen molar-refractivity contribution in [2.24, 2.45) is 4.99 Å². The maximum Gasteiger partial charge on any atom is 0.349 e. The van der Waals surface area contributed by atoms with Gasteiger partial charge in [0.2, 0.25) is 5.60 Å². The number of carboxylic acid groups (broad SMARTS) is 1. The normalized spacial score (nSPS) is 22.3. The molecule has 2 rings (SSSR count). The number of aliphatic hydroxyl groups is 1. The summed E-state index contributed by atoms with van der Waals surface area (Å²) >= 11 is 0. The summed E-state index contributed by atoms with van der Waals surface area (Å²) in [5.41, 5.74) is -0.865. The average Bonchev–Trinajstić information content (AvgIpc) is 2.84. The van der Waals surface area contributed by atoms with Crippen molar-refractivity contribution < 1.29 is 33.7 Å². The molecular formula is C24H30FN3O6. The molecule has 2 amide bonds. The molecule has 0 aromatic heterocycles. The lowest BCUT2D eigenvalue weighted by Gasteiger charge is -2.45. The van der Waals surface area contributed by atoms with Crippen LogP contribution in [-0.2, 0) is 19.1 Å². The molecule has 2 aliphatic rings. The molecule has 34 heavy (non-hydrogen) atoms. The Bertz CT molecular complexity index is 1050. The highest BCUT2D eigenvalue weighted by molar-refractivity contribution is 6.31. The molecule has 0 spiro atoms. The number of aliphatic carboxylic acids is 1. The number of allylic oxidation sites excluding steroid dienone is 6. The monoisotopic (exact) mass is 475 g/mol. The Labute approximate surface area is 197 Å². The van der Waals surface area contributed by atoms with Crippen LogP contribution in [0.3, 0.4) is 0 Å². The third kappa shape index (κ3) is 4.72. The van der Waals surface area contributed by atoms with E-state index in [1.807, 2.05) is 0 Å². The van der Waals surface area contributed by atoms with Gasteiger partial charge < -0.3 is 20.3 Å². The first-order chi connectivity index (χ1) is 16.2. The molecule has 0 saturated heterocycles. The molecule has 0 fully saturated rings. The SMILES string of the molecule is C=C(CC(C=CCF)=CC)C1=C2C(=NC)C(CO)=C(C(=O)NC)C(=O)N2CC(CC)(C(=O)O)O1. The number of carbonyl (C=O) groups is 3. The molecule has 2 heterocycles. The van der Waals surface area contributed by atoms with Crippen molar-refractivity contribution in [2.75, 3.05) is 33.9 Å². The minimum Gasteiger partial charge on any atom is -0.478 e. The summed E-state index contributed by atoms with van der Waals surface area (Å²) in [4.78, 5) is 43.6. The minimum absolute atomic E-state index is 0.00472. The fraction of sp³-hybridized carbons (Fsp3) is 0.417. The fourth-order valence-corrected chi connectivity index (χ4v) is 3.89. The van der Waals surface area contributed by atoms with Crippen LogP contribution in [0.15, 0.2) is 63.5 Å². The van der Waals surface area contributed by atoms with Gasteiger partial charge in [0, 0.05) is 26.1 Å². The quantitative estimate of drug-likeness (QED) is 0.345. The number of amides is 2. The molecule has 1 unspecified atom stereocenters. The molecule has 3 N–H and O–H groups in total. The summed E-state index contributed by atoms with van der Waals surface area (Å²) < 4.78 is 18.7. The highest BCUT2D eigenvalue weighted by Gasteiger charge is 2.52. The number of aliphatic hydroxyl groups excluding tert-OH is 1. The van der Waals surface area contributed by atoms with Gasteiger partial charge in [0.15, 0.2) is 0 Å². The molecule has 0 aromatic carbocycles. The third-order valence-electron chi connectivity index (χ3n) is 5.79. The van der Waals surface area contributed by atoms with E-state index in [0.717, 1.165) is 4.90 Å². The molecule has 10 heteroatoms. The number of halogens is 1. The number of aliphatic imine (C=N–C) groups is 1. The van der Waals surface area contributed by atoms with Crippen LogP contribution >= 0.6 is 0 Å². The Morgan fingerprint density at radius 1 is 1.41 bits per heavy atom. The van der Waals surface area contributed by atoms with Gasteiger partial charge in [-0.3, -0.25) is 19.5 Å². The van der Waals surface area contributed by atoms with Gasteiger partial charge in [-0.2, -0.15) is 0 Å². The molecule has 184 valence electrons. The van der Waals surface area contributed by atoms with Crippen LogP contribution in [0, 0.1) is 0 Å². The summed E-state index contributed by atoms with van der Waals surface area (Å²) in [6, 6.07) is 0. The summed E-state index contributed by atoms with van der Waals surface area (Å²) in [5.74, 6) is -2.78. The molecule has 2 aliphatic heterocycles. The van der Waals surface area contributed by atoms with Gasteiger partial charge in [-0.15, -0.1) is 0 Å². The van der Waals surface area contributed by atoms with Crippen LogP contribution < -0.4 is 5.32 Å². The second-order valence-corrected chi connectivity index (χ2v) is 7.69. The number of nitrogens with zero attached hydrogens (tertiary/aromatic N) is 2. The van der Waals surface area contributed by atoms with E-state index in [4.69, 9.17) is 4.74 Å². The number of carboxylic acids is 1. The topological polar surface area (TPSA) is 129 Å². The first-order valence-corrected chi connectivity index (χ1v) is 10.7. The average molecular weight is 476 g/mol. The Hall–Kier alpha value is -3.53. The summed E-state index contributed by atoms with van der Waals surface area (Å²) in [6.07, 6.45) is 4.83. The highest BCUT2D eigenvalue weighted by Crippen LogP contribution is 2.40. The minimum atomic E-state index is -1.80. The molecule has 0 aromatic rings. The standard InChI is InChI=1S/C24H30FN3O6/c1-6-15(9-8-10-25)11-14(3)20-19-18(26-4)16(12-29)17(21(30)27-5)22(31)28(19)13-24(7-2,34-20)23(32)33/h6,8-9,29H,3,7,10-13H2,1-2,4-5H3,(H,27,30)(H,32,33). The predicted molar refractivity (Wildman–Crippen MR) is 125 cm³/mol. The van der Waals surface area contributed by atoms with Crippen LogP contribution in [0.1, 0.15) is 26.7 Å². The number of hydrogen-bond donors (Lipinski definition) is 3. The lowest BCUT2D eigenvalue weighted by molar-refractivity contribution is -0.166. The largest absolute Gasteiger partial charge is 0.478 e. The van der Waals surface area contributed by atoms with Crippen molar-refractivity contribution in [3.63, 3.8) is 0 Å². The lowest BCUT2D eigenvalue weighted by Crippen LogP contribution is -2.59. The number of hydrogen-bond acceptors (Lipinski definition) is 6. The lowest BCUT2D eigenvalue weighted by atomic mass is 9.87. The zero-order chi connectivity index (χ0) is 25.6. The van der Waals surface area contributed by atoms with Crippen molar-refractivity contribution in [1.82, 2.24) is 10.2 Å². The van der Waals surface area contributed by atoms with Crippen molar-refractivity contribution in [3.05, 3.63) is 58.6 Å². The zero-order valence-electron chi connectivity index (χ0n) is 19.8. The van der Waals surface area contributed by atoms with E-state index in [-0.39, 0.29) is 47.7 Å². The van der Waals surface area contributed by atoms with Crippen LogP contribution in [-0.4, -0.2) is 78.1 Å². The number of alkyl halides is 1. The molecule has 0 radical (unpaired) electrons. The molecule has 1 atom stereocenters. The van der Waals surface area contributed by atoms with E-state index >= 15 is 0 Å². The summed E-state index contributed by atoms with van der Waals surface area (Å²) in [5, 5.41) is 22.4. The van der Waals surface area contributed by atoms with Crippen LogP contribution in [0.4, 0.5) is 4.39 Å². The molecular weight excluding hydrogens is 445 g/mol. The molecule has 0 bridgehead atoms. The van der Waals surface area contributed by atoms with E-state index in [9.17, 15) is 29.0 Å². The maximum absolute atomic E-state index is 13.5. The second kappa shape index (κ2) is 11.1. The van der Waals surface area contributed by atoms with E-state index in [1.165, 1.54) is 20.2 Å². The first-order valence-electron chi connectivity index (χ1n) is 10.7. The van der Waals surface area contributed by atoms with E-state index in [1.54, 1.807) is 26.0 Å². The number of fused-ring (bicyclic) bond motifs is 1. The Morgan fingerprint density at radius 2 is 2.09 bits per heavy atom. The smallest absolute Gasteiger partial charge is 0.349 e. The highest BCUT2D eigenvalue weighted by atomic mass is 19.1. The van der Waals surface area contributed by atoms with Crippen molar-refractivity contribution in [1.29, 1.82) is 0 Å². The van der Waals surface area contributed by atoms with Crippen molar-refractivity contribution in [3.8, 4) is 0 Å².